The van der Waals surface area contributed by atoms with Gasteiger partial charge in [0.15, 0.2) is 6.10 Å². The summed E-state index contributed by atoms with van der Waals surface area (Å²) in [7, 11) is 0. The Labute approximate surface area is 348 Å². The van der Waals surface area contributed by atoms with Gasteiger partial charge in [-0.1, -0.05) is 217 Å². The van der Waals surface area contributed by atoms with Crippen LogP contribution in [0.2, 0.25) is 0 Å². The first-order valence-corrected chi connectivity index (χ1v) is 24.2. The minimum Gasteiger partial charge on any atom is -0.462 e. The second-order valence-electron chi connectivity index (χ2n) is 16.0. The van der Waals surface area contributed by atoms with Gasteiger partial charge in [-0.05, 0) is 57.8 Å². The summed E-state index contributed by atoms with van der Waals surface area (Å²) in [5.41, 5.74) is 0. The van der Waals surface area contributed by atoms with E-state index in [2.05, 4.69) is 69.4 Å². The maximum absolute atomic E-state index is 12.7. The second-order valence-corrected chi connectivity index (χ2v) is 16.0. The summed E-state index contributed by atoms with van der Waals surface area (Å²) in [6.45, 7) is 7.66. The van der Waals surface area contributed by atoms with Crippen LogP contribution in [0.15, 0.2) is 48.6 Å². The molecule has 0 heterocycles. The third-order valence-electron chi connectivity index (χ3n) is 10.4. The molecule has 326 valence electrons. The Hall–Kier alpha value is -2.14. The topological polar surface area (TPSA) is 61.8 Å². The fourth-order valence-corrected chi connectivity index (χ4v) is 6.80. The molecule has 0 rings (SSSR count). The highest BCUT2D eigenvalue weighted by Crippen LogP contribution is 2.15. The van der Waals surface area contributed by atoms with Crippen molar-refractivity contribution in [2.24, 2.45) is 0 Å². The lowest BCUT2D eigenvalue weighted by molar-refractivity contribution is -0.163. The fraction of sp³-hybridized carbons (Fsp3) is 0.804. The predicted octanol–water partition coefficient (Wildman–Crippen LogP) is 16.0. The van der Waals surface area contributed by atoms with Crippen molar-refractivity contribution in [2.45, 2.75) is 245 Å². The number of ether oxygens (including phenoxy) is 3. The Kier molecular flexibility index (Phi) is 45.4. The molecule has 1 atom stereocenters. The molecule has 0 aromatic rings. The number of hydrogen-bond donors (Lipinski definition) is 0. The zero-order chi connectivity index (χ0) is 40.7. The maximum atomic E-state index is 12.7. The zero-order valence-corrected chi connectivity index (χ0v) is 37.4. The third-order valence-corrected chi connectivity index (χ3v) is 10.4. The lowest BCUT2D eigenvalue weighted by Crippen LogP contribution is -2.30. The van der Waals surface area contributed by atoms with Crippen LogP contribution < -0.4 is 0 Å². The second kappa shape index (κ2) is 47.2. The largest absolute Gasteiger partial charge is 0.462 e. The number of esters is 2. The summed E-state index contributed by atoms with van der Waals surface area (Å²) in [6.07, 6.45) is 56.8. The average Bonchev–Trinajstić information content (AvgIpc) is 3.20. The van der Waals surface area contributed by atoms with Crippen LogP contribution in [0.25, 0.3) is 0 Å². The summed E-state index contributed by atoms with van der Waals surface area (Å²) in [4.78, 5) is 25.3. The molecule has 0 bridgehead atoms. The van der Waals surface area contributed by atoms with E-state index in [0.717, 1.165) is 77.0 Å². The number of hydrogen-bond acceptors (Lipinski definition) is 5. The van der Waals surface area contributed by atoms with E-state index in [1.807, 2.05) is 0 Å². The SMILES string of the molecule is CC/C=C\C/C=C\C/C=C\C/C=C\CCCCCOCC(COC(=O)CCCCCCCCCCCCCCC)OC(=O)CCCCCCCCCCCCC. The summed E-state index contributed by atoms with van der Waals surface area (Å²) in [6, 6.07) is 0. The fourth-order valence-electron chi connectivity index (χ4n) is 6.80. The summed E-state index contributed by atoms with van der Waals surface area (Å²) >= 11 is 0. The van der Waals surface area contributed by atoms with Crippen LogP contribution in [0.5, 0.6) is 0 Å². The van der Waals surface area contributed by atoms with Gasteiger partial charge in [-0.25, -0.2) is 0 Å². The van der Waals surface area contributed by atoms with Gasteiger partial charge in [0.05, 0.1) is 6.61 Å². The monoisotopic (exact) mass is 785 g/mol. The van der Waals surface area contributed by atoms with Crippen LogP contribution in [-0.4, -0.2) is 37.9 Å². The van der Waals surface area contributed by atoms with Crippen molar-refractivity contribution in [3.63, 3.8) is 0 Å². The van der Waals surface area contributed by atoms with Crippen LogP contribution in [-0.2, 0) is 23.8 Å². The highest BCUT2D eigenvalue weighted by Gasteiger charge is 2.17. The van der Waals surface area contributed by atoms with Crippen LogP contribution >= 0.6 is 0 Å². The molecule has 0 amide bonds. The predicted molar refractivity (Wildman–Crippen MR) is 242 cm³/mol. The van der Waals surface area contributed by atoms with Gasteiger partial charge in [0, 0.05) is 19.4 Å². The molecule has 1 unspecified atom stereocenters. The van der Waals surface area contributed by atoms with Crippen LogP contribution in [0.1, 0.15) is 239 Å². The Balaban J connectivity index is 4.29. The summed E-state index contributed by atoms with van der Waals surface area (Å²) < 4.78 is 17.3. The van der Waals surface area contributed by atoms with Gasteiger partial charge in [0.25, 0.3) is 0 Å². The molecule has 0 radical (unpaired) electrons. The molecule has 0 aliphatic carbocycles. The van der Waals surface area contributed by atoms with E-state index in [-0.39, 0.29) is 25.2 Å². The molecular weight excluding hydrogens is 693 g/mol. The first-order valence-electron chi connectivity index (χ1n) is 24.2. The molecule has 0 spiro atoms. The lowest BCUT2D eigenvalue weighted by atomic mass is 10.0. The van der Waals surface area contributed by atoms with Gasteiger partial charge >= 0.3 is 11.9 Å². The first kappa shape index (κ1) is 53.9. The van der Waals surface area contributed by atoms with E-state index in [0.29, 0.717) is 19.4 Å². The molecule has 0 aromatic heterocycles. The van der Waals surface area contributed by atoms with E-state index in [1.54, 1.807) is 0 Å². The molecule has 0 saturated carbocycles. The molecule has 0 saturated heterocycles. The number of carbonyl (C=O) groups excluding carboxylic acids is 2. The minimum absolute atomic E-state index is 0.0765. The standard InChI is InChI=1S/C51H92O5/c1-4-7-10-13-16-19-22-24-25-26-28-31-34-37-40-43-46-54-47-49(56-51(53)45-42-39-36-33-29-21-18-15-12-9-6-3)48-55-50(52)44-41-38-35-32-30-27-23-20-17-14-11-8-5-2/h7,10,16,19,24-25,28,31,49H,4-6,8-9,11-15,17-18,20-23,26-27,29-30,32-48H2,1-3H3/b10-7-,19-16-,25-24-,31-28-. The summed E-state index contributed by atoms with van der Waals surface area (Å²) in [5.74, 6) is -0.407. The molecule has 0 aliphatic rings. The molecule has 5 nitrogen and oxygen atoms in total. The van der Waals surface area contributed by atoms with Crippen LogP contribution in [0.4, 0.5) is 0 Å². The molecule has 56 heavy (non-hydrogen) atoms. The summed E-state index contributed by atoms with van der Waals surface area (Å²) in [5, 5.41) is 0. The molecule has 0 aromatic carbocycles. The third kappa shape index (κ3) is 44.6. The van der Waals surface area contributed by atoms with Gasteiger partial charge in [-0.15, -0.1) is 0 Å². The maximum Gasteiger partial charge on any atom is 0.306 e. The Morgan fingerprint density at radius 1 is 0.411 bits per heavy atom. The van der Waals surface area contributed by atoms with E-state index in [9.17, 15) is 9.59 Å². The van der Waals surface area contributed by atoms with Crippen molar-refractivity contribution in [2.75, 3.05) is 19.8 Å². The van der Waals surface area contributed by atoms with Crippen molar-refractivity contribution >= 4 is 11.9 Å². The van der Waals surface area contributed by atoms with Crippen molar-refractivity contribution in [3.05, 3.63) is 48.6 Å². The highest BCUT2D eigenvalue weighted by atomic mass is 16.6. The van der Waals surface area contributed by atoms with Crippen molar-refractivity contribution < 1.29 is 23.8 Å². The van der Waals surface area contributed by atoms with Gasteiger partial charge in [-0.2, -0.15) is 0 Å². The Morgan fingerprint density at radius 2 is 0.804 bits per heavy atom. The number of carbonyl (C=O) groups is 2. The smallest absolute Gasteiger partial charge is 0.306 e. The normalized spacial score (nSPS) is 12.6. The van der Waals surface area contributed by atoms with Crippen molar-refractivity contribution in [1.29, 1.82) is 0 Å². The quantitative estimate of drug-likeness (QED) is 0.0350. The van der Waals surface area contributed by atoms with Gasteiger partial charge in [0.2, 0.25) is 0 Å². The van der Waals surface area contributed by atoms with E-state index in [1.165, 1.54) is 128 Å². The lowest BCUT2D eigenvalue weighted by Gasteiger charge is -2.18. The zero-order valence-electron chi connectivity index (χ0n) is 37.4. The molecule has 0 N–H and O–H groups in total. The average molecular weight is 785 g/mol. The number of rotatable bonds is 44. The van der Waals surface area contributed by atoms with Crippen molar-refractivity contribution in [1.82, 2.24) is 0 Å². The van der Waals surface area contributed by atoms with E-state index in [4.69, 9.17) is 14.2 Å². The molecule has 0 fully saturated rings. The highest BCUT2D eigenvalue weighted by molar-refractivity contribution is 5.70. The van der Waals surface area contributed by atoms with Gasteiger partial charge in [0.1, 0.15) is 6.61 Å². The van der Waals surface area contributed by atoms with E-state index >= 15 is 0 Å². The minimum atomic E-state index is -0.546. The number of allylic oxidation sites excluding steroid dienone is 8. The van der Waals surface area contributed by atoms with E-state index < -0.39 is 6.10 Å². The molecule has 0 aliphatic heterocycles. The first-order chi connectivity index (χ1) is 27.6. The van der Waals surface area contributed by atoms with Crippen LogP contribution in [0.3, 0.4) is 0 Å². The Morgan fingerprint density at radius 3 is 1.27 bits per heavy atom. The van der Waals surface area contributed by atoms with Gasteiger partial charge in [-0.3, -0.25) is 9.59 Å². The number of unbranched alkanes of at least 4 members (excludes halogenated alkanes) is 25. The molecular formula is C51H92O5. The Bertz CT molecular complexity index is 935. The van der Waals surface area contributed by atoms with Gasteiger partial charge < -0.3 is 14.2 Å². The van der Waals surface area contributed by atoms with Crippen LogP contribution in [0, 0.1) is 0 Å². The molecule has 5 heteroatoms. The van der Waals surface area contributed by atoms with Crippen molar-refractivity contribution in [3.8, 4) is 0 Å².